The number of aliphatic imine (C=N–C) groups is 1. The van der Waals surface area contributed by atoms with Gasteiger partial charge in [0.1, 0.15) is 22.7 Å². The summed E-state index contributed by atoms with van der Waals surface area (Å²) in [5, 5.41) is 31.2. The molecule has 0 aliphatic heterocycles. The number of rotatable bonds is 6. The number of hydrogen-bond acceptors (Lipinski definition) is 8. The van der Waals surface area contributed by atoms with Crippen molar-refractivity contribution in [3.8, 4) is 23.1 Å². The highest BCUT2D eigenvalue weighted by Crippen LogP contribution is 2.30. The standard InChI is InChI=1S/C19H16N4O7/c1-2-30-13-6-3-11(4-7-13)22-18(26)14(17(25)21-19(22)27)10-20-15-9-12(23(28)29)5-8-16(15)24/h3-10,24,26H,2H2,1H3,(H,21,25,27). The van der Waals surface area contributed by atoms with Crippen molar-refractivity contribution in [3.63, 3.8) is 0 Å². The molecule has 30 heavy (non-hydrogen) atoms. The van der Waals surface area contributed by atoms with Gasteiger partial charge in [-0.3, -0.25) is 24.9 Å². The Labute approximate surface area is 168 Å². The smallest absolute Gasteiger partial charge is 0.335 e. The number of benzene rings is 2. The van der Waals surface area contributed by atoms with Crippen molar-refractivity contribution in [3.05, 3.63) is 79.0 Å². The first-order valence-electron chi connectivity index (χ1n) is 8.64. The van der Waals surface area contributed by atoms with Crippen LogP contribution < -0.4 is 16.0 Å². The zero-order valence-corrected chi connectivity index (χ0v) is 15.6. The molecule has 3 N–H and O–H groups in total. The molecule has 1 aromatic heterocycles. The van der Waals surface area contributed by atoms with Crippen LogP contribution in [-0.4, -0.2) is 37.5 Å². The van der Waals surface area contributed by atoms with E-state index in [2.05, 4.69) is 9.98 Å². The first-order chi connectivity index (χ1) is 14.3. The van der Waals surface area contributed by atoms with Gasteiger partial charge in [-0.05, 0) is 37.3 Å². The third-order valence-electron chi connectivity index (χ3n) is 4.03. The predicted molar refractivity (Wildman–Crippen MR) is 108 cm³/mol. The van der Waals surface area contributed by atoms with Crippen molar-refractivity contribution in [2.45, 2.75) is 6.92 Å². The maximum absolute atomic E-state index is 12.2. The van der Waals surface area contributed by atoms with Crippen molar-refractivity contribution in [2.24, 2.45) is 4.99 Å². The summed E-state index contributed by atoms with van der Waals surface area (Å²) < 4.78 is 6.18. The van der Waals surface area contributed by atoms with Crippen molar-refractivity contribution < 1.29 is 19.9 Å². The number of phenols is 1. The molecule has 0 aliphatic rings. The molecule has 0 saturated heterocycles. The largest absolute Gasteiger partial charge is 0.506 e. The number of aromatic amines is 1. The fourth-order valence-electron chi connectivity index (χ4n) is 2.62. The lowest BCUT2D eigenvalue weighted by atomic mass is 10.2. The van der Waals surface area contributed by atoms with Gasteiger partial charge >= 0.3 is 5.69 Å². The second-order valence-electron chi connectivity index (χ2n) is 5.95. The molecule has 11 nitrogen and oxygen atoms in total. The fraction of sp³-hybridized carbons (Fsp3) is 0.105. The quantitative estimate of drug-likeness (QED) is 0.317. The molecule has 0 atom stereocenters. The molecule has 0 spiro atoms. The van der Waals surface area contributed by atoms with Crippen molar-refractivity contribution in [1.82, 2.24) is 9.55 Å². The van der Waals surface area contributed by atoms with Crippen LogP contribution in [0, 0.1) is 10.1 Å². The van der Waals surface area contributed by atoms with E-state index in [9.17, 15) is 29.9 Å². The Balaban J connectivity index is 2.07. The molecule has 0 amide bonds. The van der Waals surface area contributed by atoms with E-state index in [-0.39, 0.29) is 28.4 Å². The summed E-state index contributed by atoms with van der Waals surface area (Å²) in [6, 6.07) is 9.37. The number of non-ortho nitro benzene ring substituents is 1. The number of H-pyrrole nitrogens is 1. The predicted octanol–water partition coefficient (Wildman–Crippen LogP) is 1.99. The normalized spacial score (nSPS) is 11.0. The van der Waals surface area contributed by atoms with Crippen LogP contribution in [0.2, 0.25) is 0 Å². The average Bonchev–Trinajstić information content (AvgIpc) is 2.70. The number of nitrogens with zero attached hydrogens (tertiary/aromatic N) is 3. The number of nitrogens with one attached hydrogen (secondary N) is 1. The number of aromatic hydroxyl groups is 2. The Hall–Kier alpha value is -4.41. The maximum atomic E-state index is 12.2. The van der Waals surface area contributed by atoms with Crippen LogP contribution in [-0.2, 0) is 0 Å². The van der Waals surface area contributed by atoms with E-state index >= 15 is 0 Å². The van der Waals surface area contributed by atoms with Crippen LogP contribution in [0.4, 0.5) is 11.4 Å². The Morgan fingerprint density at radius 1 is 1.20 bits per heavy atom. The number of phenolic OH excluding ortho intramolecular Hbond substituents is 1. The van der Waals surface area contributed by atoms with E-state index in [1.165, 1.54) is 12.1 Å². The van der Waals surface area contributed by atoms with Gasteiger partial charge < -0.3 is 14.9 Å². The number of nitro benzene ring substituents is 1. The average molecular weight is 412 g/mol. The van der Waals surface area contributed by atoms with E-state index < -0.39 is 22.1 Å². The minimum absolute atomic E-state index is 0.193. The van der Waals surface area contributed by atoms with Crippen LogP contribution in [0.3, 0.4) is 0 Å². The van der Waals surface area contributed by atoms with Gasteiger partial charge in [0.15, 0.2) is 0 Å². The number of ether oxygens (including phenoxy) is 1. The van der Waals surface area contributed by atoms with Gasteiger partial charge in [0.2, 0.25) is 5.88 Å². The molecule has 154 valence electrons. The molecule has 0 fully saturated rings. The first kappa shape index (κ1) is 20.3. The summed E-state index contributed by atoms with van der Waals surface area (Å²) in [7, 11) is 0. The van der Waals surface area contributed by atoms with Crippen LogP contribution in [0.15, 0.2) is 57.0 Å². The second-order valence-corrected chi connectivity index (χ2v) is 5.95. The minimum atomic E-state index is -0.923. The summed E-state index contributed by atoms with van der Waals surface area (Å²) in [4.78, 5) is 40.5. The van der Waals surface area contributed by atoms with Crippen molar-refractivity contribution in [1.29, 1.82) is 0 Å². The molecule has 0 aliphatic carbocycles. The summed E-state index contributed by atoms with van der Waals surface area (Å²) in [5.41, 5.74) is -2.44. The summed E-state index contributed by atoms with van der Waals surface area (Å²) in [6.07, 6.45) is 0.900. The Bertz CT molecular complexity index is 1240. The van der Waals surface area contributed by atoms with E-state index in [0.717, 1.165) is 29.0 Å². The van der Waals surface area contributed by atoms with E-state index in [1.807, 2.05) is 6.92 Å². The van der Waals surface area contributed by atoms with Gasteiger partial charge in [0.05, 0.1) is 17.2 Å². The van der Waals surface area contributed by atoms with Crippen LogP contribution in [0.25, 0.3) is 5.69 Å². The van der Waals surface area contributed by atoms with E-state index in [4.69, 9.17) is 4.74 Å². The Morgan fingerprint density at radius 3 is 2.53 bits per heavy atom. The second kappa shape index (κ2) is 8.31. The molecule has 11 heteroatoms. The molecule has 0 bridgehead atoms. The van der Waals surface area contributed by atoms with Crippen LogP contribution in [0.1, 0.15) is 12.5 Å². The molecular weight excluding hydrogens is 396 g/mol. The van der Waals surface area contributed by atoms with Gasteiger partial charge in [-0.2, -0.15) is 0 Å². The molecule has 3 aromatic rings. The van der Waals surface area contributed by atoms with Gasteiger partial charge in [-0.1, -0.05) is 0 Å². The molecule has 0 unspecified atom stereocenters. The minimum Gasteiger partial charge on any atom is -0.506 e. The first-order valence-corrected chi connectivity index (χ1v) is 8.64. The maximum Gasteiger partial charge on any atom is 0.335 e. The lowest BCUT2D eigenvalue weighted by Crippen LogP contribution is -2.31. The van der Waals surface area contributed by atoms with Crippen molar-refractivity contribution >= 4 is 17.6 Å². The van der Waals surface area contributed by atoms with Crippen LogP contribution in [0.5, 0.6) is 17.4 Å². The van der Waals surface area contributed by atoms with Crippen LogP contribution >= 0.6 is 0 Å². The molecular formula is C19H16N4O7. The van der Waals surface area contributed by atoms with E-state index in [0.29, 0.717) is 12.4 Å². The molecule has 3 rings (SSSR count). The van der Waals surface area contributed by atoms with E-state index in [1.54, 1.807) is 12.1 Å². The van der Waals surface area contributed by atoms with Gasteiger partial charge in [0.25, 0.3) is 11.2 Å². The summed E-state index contributed by atoms with van der Waals surface area (Å²) in [5.74, 6) is -0.504. The molecule has 0 saturated carbocycles. The highest BCUT2D eigenvalue weighted by molar-refractivity contribution is 5.85. The topological polar surface area (TPSA) is 160 Å². The third-order valence-corrected chi connectivity index (χ3v) is 4.03. The highest BCUT2D eigenvalue weighted by Gasteiger charge is 2.15. The van der Waals surface area contributed by atoms with Gasteiger partial charge in [-0.25, -0.2) is 9.36 Å². The SMILES string of the molecule is CCOc1ccc(-n2c(O)c(C=Nc3cc([N+](=O)[O-])ccc3O)c(=O)[nH]c2=O)cc1. The summed E-state index contributed by atoms with van der Waals surface area (Å²) >= 11 is 0. The highest BCUT2D eigenvalue weighted by atomic mass is 16.6. The third kappa shape index (κ3) is 4.04. The molecule has 1 heterocycles. The number of aromatic nitrogens is 2. The number of hydrogen-bond donors (Lipinski definition) is 3. The summed E-state index contributed by atoms with van der Waals surface area (Å²) in [6.45, 7) is 2.27. The van der Waals surface area contributed by atoms with Gasteiger partial charge in [0, 0.05) is 18.3 Å². The Kier molecular flexibility index (Phi) is 5.63. The Morgan fingerprint density at radius 2 is 1.90 bits per heavy atom. The lowest BCUT2D eigenvalue weighted by molar-refractivity contribution is -0.384. The van der Waals surface area contributed by atoms with Crippen molar-refractivity contribution in [2.75, 3.05) is 6.61 Å². The monoisotopic (exact) mass is 412 g/mol. The molecule has 2 aromatic carbocycles. The molecule has 0 radical (unpaired) electrons. The van der Waals surface area contributed by atoms with Gasteiger partial charge in [-0.15, -0.1) is 0 Å². The lowest BCUT2D eigenvalue weighted by Gasteiger charge is -2.10. The zero-order valence-electron chi connectivity index (χ0n) is 15.6. The fourth-order valence-corrected chi connectivity index (χ4v) is 2.62. The number of nitro groups is 1. The zero-order chi connectivity index (χ0) is 21.8.